The van der Waals surface area contributed by atoms with Crippen LogP contribution in [0.15, 0.2) is 18.2 Å². The summed E-state index contributed by atoms with van der Waals surface area (Å²) >= 11 is 2.64. The van der Waals surface area contributed by atoms with Gasteiger partial charge >= 0.3 is 5.97 Å². The van der Waals surface area contributed by atoms with E-state index in [9.17, 15) is 14.3 Å². The molecule has 0 saturated carbocycles. The van der Waals surface area contributed by atoms with Gasteiger partial charge in [-0.1, -0.05) is 6.07 Å². The summed E-state index contributed by atoms with van der Waals surface area (Å²) in [6, 6.07) is 4.71. The molecular formula is C14H16FNO2S2. The minimum atomic E-state index is -1.01. The predicted octanol–water partition coefficient (Wildman–Crippen LogP) is 3.71. The van der Waals surface area contributed by atoms with Gasteiger partial charge in [0.05, 0.1) is 0 Å². The first-order chi connectivity index (χ1) is 9.29. The van der Waals surface area contributed by atoms with E-state index in [1.54, 1.807) is 12.1 Å². The molecule has 6 heteroatoms. The molecule has 3 nitrogen and oxygen atoms in total. The van der Waals surface area contributed by atoms with E-state index in [0.29, 0.717) is 27.2 Å². The van der Waals surface area contributed by atoms with Crippen LogP contribution in [0.4, 0.5) is 4.39 Å². The van der Waals surface area contributed by atoms with Crippen molar-refractivity contribution in [2.45, 2.75) is 25.1 Å². The molecule has 108 valence electrons. The van der Waals surface area contributed by atoms with Gasteiger partial charge in [0, 0.05) is 27.1 Å². The molecule has 0 spiro atoms. The number of fused-ring (bicyclic) bond motifs is 1. The molecule has 1 aromatic carbocycles. The van der Waals surface area contributed by atoms with Crippen LogP contribution in [0.25, 0.3) is 10.1 Å². The van der Waals surface area contributed by atoms with Crippen LogP contribution in [0.5, 0.6) is 0 Å². The monoisotopic (exact) mass is 313 g/mol. The molecule has 0 aliphatic carbocycles. The lowest BCUT2D eigenvalue weighted by molar-refractivity contribution is 0.0701. The molecule has 1 aromatic heterocycles. The minimum Gasteiger partial charge on any atom is -0.477 e. The maximum Gasteiger partial charge on any atom is 0.346 e. The Morgan fingerprint density at radius 2 is 2.20 bits per heavy atom. The molecule has 2 aromatic rings. The molecule has 0 unspecified atom stereocenters. The normalized spacial score (nSPS) is 12.0. The molecule has 0 radical (unpaired) electrons. The fourth-order valence-electron chi connectivity index (χ4n) is 1.89. The molecule has 0 aliphatic rings. The lowest BCUT2D eigenvalue weighted by Gasteiger charge is -2.17. The molecule has 0 amide bonds. The summed E-state index contributed by atoms with van der Waals surface area (Å²) < 4.78 is 14.6. The van der Waals surface area contributed by atoms with Crippen molar-refractivity contribution in [3.8, 4) is 0 Å². The number of halogens is 1. The van der Waals surface area contributed by atoms with Crippen LogP contribution >= 0.6 is 23.1 Å². The van der Waals surface area contributed by atoms with Gasteiger partial charge in [-0.2, -0.15) is 11.8 Å². The maximum atomic E-state index is 14.0. The number of carbonyl (C=O) groups is 1. The smallest absolute Gasteiger partial charge is 0.346 e. The summed E-state index contributed by atoms with van der Waals surface area (Å²) in [6.45, 7) is 3.81. The summed E-state index contributed by atoms with van der Waals surface area (Å²) in [4.78, 5) is 11.5. The summed E-state index contributed by atoms with van der Waals surface area (Å²) in [5.74, 6) is -0.247. The van der Waals surface area contributed by atoms with Crippen LogP contribution in [0, 0.1) is 5.82 Å². The lowest BCUT2D eigenvalue weighted by atomic mass is 10.1. The van der Waals surface area contributed by atoms with Gasteiger partial charge in [-0.25, -0.2) is 9.18 Å². The number of thioether (sulfide) groups is 1. The van der Waals surface area contributed by atoms with E-state index in [4.69, 9.17) is 5.73 Å². The Balaban J connectivity index is 2.39. The van der Waals surface area contributed by atoms with E-state index in [0.717, 1.165) is 11.3 Å². The lowest BCUT2D eigenvalue weighted by Crippen LogP contribution is -2.34. The Morgan fingerprint density at radius 3 is 2.80 bits per heavy atom. The molecule has 20 heavy (non-hydrogen) atoms. The molecule has 0 saturated heterocycles. The highest BCUT2D eigenvalue weighted by Gasteiger charge is 2.21. The average molecular weight is 313 g/mol. The Kier molecular flexibility index (Phi) is 4.36. The van der Waals surface area contributed by atoms with E-state index in [-0.39, 0.29) is 16.2 Å². The third kappa shape index (κ3) is 3.31. The highest BCUT2D eigenvalue weighted by Crippen LogP contribution is 2.35. The molecule has 1 heterocycles. The number of hydrogen-bond donors (Lipinski definition) is 2. The van der Waals surface area contributed by atoms with Crippen molar-refractivity contribution in [3.63, 3.8) is 0 Å². The third-order valence-electron chi connectivity index (χ3n) is 2.68. The minimum absolute atomic E-state index is 0.215. The standard InChI is InChI=1S/C14H16FNO2S2/c1-14(2,16)7-19-6-8-11-9(15)4-3-5-10(11)20-12(8)13(17)18/h3-5H,6-7,16H2,1-2H3,(H,17,18). The second-order valence-electron chi connectivity index (χ2n) is 5.31. The number of carboxylic acid groups (broad SMARTS) is 1. The quantitative estimate of drug-likeness (QED) is 0.883. The topological polar surface area (TPSA) is 63.3 Å². The van der Waals surface area contributed by atoms with E-state index in [1.165, 1.54) is 17.8 Å². The maximum absolute atomic E-state index is 14.0. The van der Waals surface area contributed by atoms with Gasteiger partial charge < -0.3 is 10.8 Å². The van der Waals surface area contributed by atoms with Crippen LogP contribution in [0.3, 0.4) is 0 Å². The first kappa shape index (κ1) is 15.3. The molecule has 0 fully saturated rings. The van der Waals surface area contributed by atoms with Gasteiger partial charge in [0.1, 0.15) is 10.7 Å². The Hall–Kier alpha value is -1.11. The van der Waals surface area contributed by atoms with E-state index in [1.807, 2.05) is 13.8 Å². The Morgan fingerprint density at radius 1 is 1.50 bits per heavy atom. The average Bonchev–Trinajstić information content (AvgIpc) is 2.68. The number of benzene rings is 1. The summed E-state index contributed by atoms with van der Waals surface area (Å²) in [7, 11) is 0. The predicted molar refractivity (Wildman–Crippen MR) is 83.2 cm³/mol. The number of rotatable bonds is 5. The zero-order chi connectivity index (χ0) is 14.9. The first-order valence-electron chi connectivity index (χ1n) is 6.09. The zero-order valence-corrected chi connectivity index (χ0v) is 12.9. The highest BCUT2D eigenvalue weighted by atomic mass is 32.2. The molecule has 0 atom stereocenters. The van der Waals surface area contributed by atoms with Crippen LogP contribution < -0.4 is 5.73 Å². The van der Waals surface area contributed by atoms with Gasteiger partial charge in [-0.3, -0.25) is 0 Å². The second kappa shape index (κ2) is 5.71. The highest BCUT2D eigenvalue weighted by molar-refractivity contribution is 7.98. The summed E-state index contributed by atoms with van der Waals surface area (Å²) in [5, 5.41) is 9.70. The molecular weight excluding hydrogens is 297 g/mol. The summed E-state index contributed by atoms with van der Waals surface area (Å²) in [6.07, 6.45) is 0. The van der Waals surface area contributed by atoms with E-state index >= 15 is 0 Å². The number of carboxylic acids is 1. The molecule has 0 aliphatic heterocycles. The van der Waals surface area contributed by atoms with Crippen LogP contribution in [-0.2, 0) is 5.75 Å². The van der Waals surface area contributed by atoms with E-state index in [2.05, 4.69) is 0 Å². The van der Waals surface area contributed by atoms with Crippen molar-refractivity contribution < 1.29 is 14.3 Å². The fraction of sp³-hybridized carbons (Fsp3) is 0.357. The number of hydrogen-bond acceptors (Lipinski definition) is 4. The van der Waals surface area contributed by atoms with Gasteiger partial charge in [-0.15, -0.1) is 11.3 Å². The number of nitrogens with two attached hydrogens (primary N) is 1. The SMILES string of the molecule is CC(C)(N)CSCc1c(C(=O)O)sc2cccc(F)c12. The molecule has 2 rings (SSSR count). The third-order valence-corrected chi connectivity index (χ3v) is 5.30. The Bertz CT molecular complexity index is 646. The van der Waals surface area contributed by atoms with Crippen LogP contribution in [0.2, 0.25) is 0 Å². The van der Waals surface area contributed by atoms with Gasteiger partial charge in [0.25, 0.3) is 0 Å². The first-order valence-corrected chi connectivity index (χ1v) is 8.06. The van der Waals surface area contributed by atoms with Crippen molar-refractivity contribution in [1.82, 2.24) is 0 Å². The Labute approximate surface area is 125 Å². The van der Waals surface area contributed by atoms with Crippen LogP contribution in [-0.4, -0.2) is 22.4 Å². The summed E-state index contributed by atoms with van der Waals surface area (Å²) in [5.41, 5.74) is 6.13. The van der Waals surface area contributed by atoms with Gasteiger partial charge in [-0.05, 0) is 31.5 Å². The van der Waals surface area contributed by atoms with Crippen molar-refractivity contribution in [2.24, 2.45) is 5.73 Å². The number of aromatic carboxylic acids is 1. The van der Waals surface area contributed by atoms with Gasteiger partial charge in [0.2, 0.25) is 0 Å². The molecule has 3 N–H and O–H groups in total. The van der Waals surface area contributed by atoms with Crippen molar-refractivity contribution in [2.75, 3.05) is 5.75 Å². The largest absolute Gasteiger partial charge is 0.477 e. The fourth-order valence-corrected chi connectivity index (χ4v) is 4.18. The zero-order valence-electron chi connectivity index (χ0n) is 11.3. The number of thiophene rings is 1. The van der Waals surface area contributed by atoms with Gasteiger partial charge in [0.15, 0.2) is 0 Å². The van der Waals surface area contributed by atoms with Crippen molar-refractivity contribution >= 4 is 39.2 Å². The molecule has 0 bridgehead atoms. The van der Waals surface area contributed by atoms with Crippen molar-refractivity contribution in [1.29, 1.82) is 0 Å². The van der Waals surface area contributed by atoms with Crippen molar-refractivity contribution in [3.05, 3.63) is 34.5 Å². The second-order valence-corrected chi connectivity index (χ2v) is 7.35. The van der Waals surface area contributed by atoms with E-state index < -0.39 is 5.97 Å². The van der Waals surface area contributed by atoms with Crippen LogP contribution in [0.1, 0.15) is 29.1 Å².